The molecule has 10 nitrogen and oxygen atoms in total. The molecule has 3 atom stereocenters. The predicted molar refractivity (Wildman–Crippen MR) is 148 cm³/mol. The normalized spacial score (nSPS) is 16.3. The average Bonchev–Trinajstić information content (AvgIpc) is 3.74. The van der Waals surface area contributed by atoms with Gasteiger partial charge < -0.3 is 25.0 Å². The number of halogens is 1. The number of carbonyl (C=O) groups excluding carboxylic acids is 3. The van der Waals surface area contributed by atoms with Crippen molar-refractivity contribution in [2.24, 2.45) is 0 Å². The van der Waals surface area contributed by atoms with Crippen LogP contribution in [0.15, 0.2) is 71.4 Å². The molecule has 0 aliphatic carbocycles. The van der Waals surface area contributed by atoms with Crippen molar-refractivity contribution in [2.45, 2.75) is 51.2 Å². The van der Waals surface area contributed by atoms with Crippen LogP contribution >= 0.6 is 0 Å². The van der Waals surface area contributed by atoms with Crippen LogP contribution < -0.4 is 10.6 Å². The summed E-state index contributed by atoms with van der Waals surface area (Å²) in [6.45, 7) is 3.91. The zero-order valence-corrected chi connectivity index (χ0v) is 22.8. The van der Waals surface area contributed by atoms with E-state index < -0.39 is 29.7 Å². The molecule has 0 spiro atoms. The summed E-state index contributed by atoms with van der Waals surface area (Å²) >= 11 is 0. The van der Waals surface area contributed by atoms with E-state index in [9.17, 15) is 18.8 Å². The fourth-order valence-corrected chi connectivity index (χ4v) is 5.05. The lowest BCUT2D eigenvalue weighted by molar-refractivity contribution is -0.135. The number of nitrogens with one attached hydrogen (secondary N) is 3. The molecule has 1 aliphatic rings. The molecule has 1 fully saturated rings. The first-order valence-electron chi connectivity index (χ1n) is 13.5. The Morgan fingerprint density at radius 1 is 1.12 bits per heavy atom. The number of imidazole rings is 1. The SMILES string of the molecule is Cc1cc(C(=O)N[C@@H](CC(=O)N2CCC[C@@H]2c2ccccc2)C(=O)N[C@@H](C)c2ncc(-c3ccccc3F)[nH]2)no1. The zero-order chi connectivity index (χ0) is 28.9. The molecule has 3 N–H and O–H groups in total. The molecule has 3 heterocycles. The summed E-state index contributed by atoms with van der Waals surface area (Å²) in [5.41, 5.74) is 1.84. The Hall–Kier alpha value is -4.80. The molecule has 1 aliphatic heterocycles. The van der Waals surface area contributed by atoms with Crippen molar-refractivity contribution in [1.82, 2.24) is 30.7 Å². The van der Waals surface area contributed by atoms with E-state index in [2.05, 4.69) is 25.8 Å². The maximum absolute atomic E-state index is 14.2. The van der Waals surface area contributed by atoms with Gasteiger partial charge in [0.15, 0.2) is 5.69 Å². The first-order chi connectivity index (χ1) is 19.8. The van der Waals surface area contributed by atoms with Gasteiger partial charge >= 0.3 is 0 Å². The minimum Gasteiger partial charge on any atom is -0.361 e. The number of aromatic nitrogens is 3. The van der Waals surface area contributed by atoms with Crippen LogP contribution in [0.4, 0.5) is 4.39 Å². The summed E-state index contributed by atoms with van der Waals surface area (Å²) in [4.78, 5) is 49.0. The van der Waals surface area contributed by atoms with Gasteiger partial charge in [-0.2, -0.15) is 0 Å². The molecule has 41 heavy (non-hydrogen) atoms. The minimum atomic E-state index is -1.19. The van der Waals surface area contributed by atoms with E-state index >= 15 is 0 Å². The third kappa shape index (κ3) is 6.34. The second kappa shape index (κ2) is 12.2. The summed E-state index contributed by atoms with van der Waals surface area (Å²) in [7, 11) is 0. The van der Waals surface area contributed by atoms with Crippen LogP contribution in [0.2, 0.25) is 0 Å². The quantitative estimate of drug-likeness (QED) is 0.281. The van der Waals surface area contributed by atoms with E-state index in [1.165, 1.54) is 18.3 Å². The van der Waals surface area contributed by atoms with Gasteiger partial charge in [-0.1, -0.05) is 47.6 Å². The summed E-state index contributed by atoms with van der Waals surface area (Å²) in [6.07, 6.45) is 2.90. The topological polar surface area (TPSA) is 133 Å². The molecule has 2 aromatic heterocycles. The Balaban J connectivity index is 1.32. The molecule has 3 amide bonds. The van der Waals surface area contributed by atoms with Gasteiger partial charge in [-0.25, -0.2) is 9.37 Å². The monoisotopic (exact) mass is 558 g/mol. The molecule has 2 aromatic carbocycles. The lowest BCUT2D eigenvalue weighted by atomic mass is 10.0. The third-order valence-corrected chi connectivity index (χ3v) is 7.15. The van der Waals surface area contributed by atoms with Gasteiger partial charge in [0.2, 0.25) is 11.8 Å². The highest BCUT2D eigenvalue weighted by Gasteiger charge is 2.34. The lowest BCUT2D eigenvalue weighted by Crippen LogP contribution is -2.50. The van der Waals surface area contributed by atoms with Crippen LogP contribution in [-0.2, 0) is 9.59 Å². The van der Waals surface area contributed by atoms with E-state index in [1.807, 2.05) is 30.3 Å². The van der Waals surface area contributed by atoms with Crippen molar-refractivity contribution >= 4 is 17.7 Å². The molecule has 212 valence electrons. The van der Waals surface area contributed by atoms with Gasteiger partial charge in [-0.15, -0.1) is 0 Å². The van der Waals surface area contributed by atoms with E-state index in [0.717, 1.165) is 18.4 Å². The number of hydrogen-bond acceptors (Lipinski definition) is 6. The number of nitrogens with zero attached hydrogens (tertiary/aromatic N) is 3. The first kappa shape index (κ1) is 27.8. The zero-order valence-electron chi connectivity index (χ0n) is 22.8. The molecule has 11 heteroatoms. The van der Waals surface area contributed by atoms with Crippen LogP contribution in [-0.4, -0.2) is 50.3 Å². The second-order valence-corrected chi connectivity index (χ2v) is 10.1. The number of benzene rings is 2. The van der Waals surface area contributed by atoms with E-state index in [0.29, 0.717) is 29.4 Å². The maximum Gasteiger partial charge on any atom is 0.274 e. The Morgan fingerprint density at radius 3 is 2.61 bits per heavy atom. The van der Waals surface area contributed by atoms with Crippen LogP contribution in [0.25, 0.3) is 11.3 Å². The standard InChI is InChI=1S/C30H31FN6O4/c1-18-15-24(36-41-18)30(40)35-23(16-27(38)37-14-8-13-26(37)20-9-4-3-5-10-20)29(39)33-19(2)28-32-17-25(34-28)21-11-6-7-12-22(21)31/h3-7,9-12,15,17,19,23,26H,8,13-14,16H2,1-2H3,(H,32,34)(H,33,39)(H,35,40)/t19-,23-,26+/m0/s1. The minimum absolute atomic E-state index is 0.00435. The van der Waals surface area contributed by atoms with E-state index in [1.54, 1.807) is 36.9 Å². The summed E-state index contributed by atoms with van der Waals surface area (Å²) < 4.78 is 19.2. The number of H-pyrrole nitrogens is 1. The summed E-state index contributed by atoms with van der Waals surface area (Å²) in [6, 6.07) is 15.6. The number of hydrogen-bond donors (Lipinski definition) is 3. The Kier molecular flexibility index (Phi) is 8.23. The number of aromatic amines is 1. The molecular weight excluding hydrogens is 527 g/mol. The molecule has 5 rings (SSSR count). The van der Waals surface area contributed by atoms with Crippen LogP contribution in [0, 0.1) is 12.7 Å². The predicted octanol–water partition coefficient (Wildman–Crippen LogP) is 4.24. The summed E-state index contributed by atoms with van der Waals surface area (Å²) in [5.74, 6) is -1.03. The fraction of sp³-hybridized carbons (Fsp3) is 0.300. The maximum atomic E-state index is 14.2. The largest absolute Gasteiger partial charge is 0.361 e. The van der Waals surface area contributed by atoms with Gasteiger partial charge in [0.25, 0.3) is 5.91 Å². The van der Waals surface area contributed by atoms with Crippen molar-refractivity contribution in [3.05, 3.63) is 95.5 Å². The highest BCUT2D eigenvalue weighted by molar-refractivity contribution is 5.97. The molecule has 0 bridgehead atoms. The molecule has 0 radical (unpaired) electrons. The number of carbonyl (C=O) groups is 3. The van der Waals surface area contributed by atoms with E-state index in [4.69, 9.17) is 4.52 Å². The van der Waals surface area contributed by atoms with Crippen LogP contribution in [0.1, 0.15) is 65.9 Å². The Labute approximate surface area is 236 Å². The number of aryl methyl sites for hydroxylation is 1. The highest BCUT2D eigenvalue weighted by Crippen LogP contribution is 2.32. The Bertz CT molecular complexity index is 1530. The van der Waals surface area contributed by atoms with Gasteiger partial charge in [-0.05, 0) is 44.4 Å². The highest BCUT2D eigenvalue weighted by atomic mass is 19.1. The van der Waals surface area contributed by atoms with Crippen LogP contribution in [0.3, 0.4) is 0 Å². The van der Waals surface area contributed by atoms with Crippen molar-refractivity contribution in [2.75, 3.05) is 6.54 Å². The molecule has 0 unspecified atom stereocenters. The lowest BCUT2D eigenvalue weighted by Gasteiger charge is -2.27. The van der Waals surface area contributed by atoms with Gasteiger partial charge in [0.05, 0.1) is 30.4 Å². The molecule has 0 saturated carbocycles. The average molecular weight is 559 g/mol. The smallest absolute Gasteiger partial charge is 0.274 e. The number of amides is 3. The first-order valence-corrected chi connectivity index (χ1v) is 13.5. The molecular formula is C30H31FN6O4. The van der Waals surface area contributed by atoms with Crippen molar-refractivity contribution in [3.8, 4) is 11.3 Å². The number of likely N-dealkylation sites (tertiary alicyclic amines) is 1. The molecule has 1 saturated heterocycles. The van der Waals surface area contributed by atoms with Gasteiger partial charge in [0, 0.05) is 18.2 Å². The van der Waals surface area contributed by atoms with Crippen molar-refractivity contribution in [1.29, 1.82) is 0 Å². The second-order valence-electron chi connectivity index (χ2n) is 10.1. The number of rotatable bonds is 9. The van der Waals surface area contributed by atoms with Crippen molar-refractivity contribution < 1.29 is 23.3 Å². The van der Waals surface area contributed by atoms with Gasteiger partial charge in [0.1, 0.15) is 23.4 Å². The third-order valence-electron chi connectivity index (χ3n) is 7.15. The van der Waals surface area contributed by atoms with Crippen molar-refractivity contribution in [3.63, 3.8) is 0 Å². The Morgan fingerprint density at radius 2 is 1.88 bits per heavy atom. The van der Waals surface area contributed by atoms with Crippen LogP contribution in [0.5, 0.6) is 0 Å². The van der Waals surface area contributed by atoms with Gasteiger partial charge in [-0.3, -0.25) is 14.4 Å². The fourth-order valence-electron chi connectivity index (χ4n) is 5.05. The molecule has 4 aromatic rings. The van der Waals surface area contributed by atoms with E-state index in [-0.39, 0.29) is 24.1 Å². The summed E-state index contributed by atoms with van der Waals surface area (Å²) in [5, 5.41) is 9.19.